The lowest BCUT2D eigenvalue weighted by Crippen LogP contribution is -2.34. The van der Waals surface area contributed by atoms with Crippen molar-refractivity contribution >= 4 is 5.97 Å². The number of nitrogens with one attached hydrogen (secondary N) is 1. The minimum Gasteiger partial charge on any atom is -0.464 e. The highest BCUT2D eigenvalue weighted by molar-refractivity contribution is 5.68. The van der Waals surface area contributed by atoms with Crippen LogP contribution in [0.25, 0.3) is 0 Å². The van der Waals surface area contributed by atoms with Gasteiger partial charge >= 0.3 is 5.97 Å². The van der Waals surface area contributed by atoms with Gasteiger partial charge in [0.25, 0.3) is 0 Å². The van der Waals surface area contributed by atoms with E-state index in [0.717, 1.165) is 19.4 Å². The van der Waals surface area contributed by atoms with Gasteiger partial charge in [0, 0.05) is 12.5 Å². The molecule has 0 aliphatic heterocycles. The van der Waals surface area contributed by atoms with Crippen molar-refractivity contribution in [2.75, 3.05) is 13.2 Å². The van der Waals surface area contributed by atoms with Crippen molar-refractivity contribution in [1.29, 1.82) is 0 Å². The fraction of sp³-hybridized carbons (Fsp3) is 0.900. The molecule has 0 saturated carbocycles. The lowest BCUT2D eigenvalue weighted by Gasteiger charge is -2.15. The van der Waals surface area contributed by atoms with Crippen LogP contribution in [-0.4, -0.2) is 25.2 Å². The van der Waals surface area contributed by atoms with E-state index in [-0.39, 0.29) is 5.97 Å². The third kappa shape index (κ3) is 6.58. The summed E-state index contributed by atoms with van der Waals surface area (Å²) in [4.78, 5) is 10.9. The number of hydrogen-bond acceptors (Lipinski definition) is 3. The minimum absolute atomic E-state index is 0.114. The van der Waals surface area contributed by atoms with Crippen molar-refractivity contribution in [1.82, 2.24) is 5.32 Å². The van der Waals surface area contributed by atoms with E-state index in [9.17, 15) is 4.79 Å². The van der Waals surface area contributed by atoms with Crippen molar-refractivity contribution < 1.29 is 9.53 Å². The predicted molar refractivity (Wildman–Crippen MR) is 53.6 cm³/mol. The summed E-state index contributed by atoms with van der Waals surface area (Å²) >= 11 is 0. The Morgan fingerprint density at radius 2 is 2.08 bits per heavy atom. The Kier molecular flexibility index (Phi) is 7.69. The van der Waals surface area contributed by atoms with E-state index in [2.05, 4.69) is 19.2 Å². The van der Waals surface area contributed by atoms with Crippen LogP contribution < -0.4 is 5.32 Å². The van der Waals surface area contributed by atoms with E-state index in [1.807, 2.05) is 6.92 Å². The first kappa shape index (κ1) is 12.4. The van der Waals surface area contributed by atoms with Crippen LogP contribution in [0, 0.1) is 0 Å². The van der Waals surface area contributed by atoms with E-state index in [1.165, 1.54) is 0 Å². The van der Waals surface area contributed by atoms with Gasteiger partial charge in [0.05, 0.1) is 0 Å². The molecule has 78 valence electrons. The molecule has 0 fully saturated rings. The van der Waals surface area contributed by atoms with Gasteiger partial charge in [-0.2, -0.15) is 0 Å². The maximum Gasteiger partial charge on any atom is 0.305 e. The van der Waals surface area contributed by atoms with Crippen LogP contribution in [0.2, 0.25) is 0 Å². The second-order valence-corrected chi connectivity index (χ2v) is 3.10. The molecule has 0 aromatic heterocycles. The molecule has 0 aliphatic carbocycles. The van der Waals surface area contributed by atoms with Crippen LogP contribution in [0.15, 0.2) is 0 Å². The molecule has 0 aliphatic rings. The molecule has 1 atom stereocenters. The monoisotopic (exact) mass is 187 g/mol. The minimum atomic E-state index is -0.114. The molecule has 3 nitrogen and oxygen atoms in total. The average molecular weight is 187 g/mol. The number of rotatable bonds is 7. The molecule has 0 spiro atoms. The second-order valence-electron chi connectivity index (χ2n) is 3.10. The lowest BCUT2D eigenvalue weighted by atomic mass is 10.2. The SMILES string of the molecule is CCCNC(CC)COC(=O)CC. The van der Waals surface area contributed by atoms with Gasteiger partial charge in [-0.15, -0.1) is 0 Å². The molecule has 3 heteroatoms. The van der Waals surface area contributed by atoms with E-state index < -0.39 is 0 Å². The van der Waals surface area contributed by atoms with Crippen molar-refractivity contribution in [2.45, 2.75) is 46.1 Å². The average Bonchev–Trinajstić information content (AvgIpc) is 2.17. The zero-order chi connectivity index (χ0) is 10.1. The fourth-order valence-corrected chi connectivity index (χ4v) is 0.965. The largest absolute Gasteiger partial charge is 0.464 e. The van der Waals surface area contributed by atoms with Crippen molar-refractivity contribution in [3.63, 3.8) is 0 Å². The first-order valence-corrected chi connectivity index (χ1v) is 5.13. The smallest absolute Gasteiger partial charge is 0.305 e. The molecule has 0 heterocycles. The first-order chi connectivity index (χ1) is 6.24. The van der Waals surface area contributed by atoms with Gasteiger partial charge in [-0.25, -0.2) is 0 Å². The van der Waals surface area contributed by atoms with Crippen LogP contribution in [0.3, 0.4) is 0 Å². The summed E-state index contributed by atoms with van der Waals surface area (Å²) in [5.74, 6) is -0.114. The number of ether oxygens (including phenoxy) is 1. The molecule has 0 bridgehead atoms. The van der Waals surface area contributed by atoms with Gasteiger partial charge in [-0.3, -0.25) is 4.79 Å². The van der Waals surface area contributed by atoms with Gasteiger partial charge in [0.2, 0.25) is 0 Å². The molecule has 0 aromatic rings. The molecule has 1 unspecified atom stereocenters. The zero-order valence-corrected chi connectivity index (χ0v) is 8.93. The van der Waals surface area contributed by atoms with E-state index >= 15 is 0 Å². The highest BCUT2D eigenvalue weighted by atomic mass is 16.5. The summed E-state index contributed by atoms with van der Waals surface area (Å²) in [7, 11) is 0. The molecule has 1 N–H and O–H groups in total. The third-order valence-corrected chi connectivity index (χ3v) is 1.91. The molecule has 0 rings (SSSR count). The van der Waals surface area contributed by atoms with E-state index in [0.29, 0.717) is 19.1 Å². The summed E-state index contributed by atoms with van der Waals surface area (Å²) in [6.07, 6.45) is 2.57. The fourth-order valence-electron chi connectivity index (χ4n) is 0.965. The second kappa shape index (κ2) is 8.05. The lowest BCUT2D eigenvalue weighted by molar-refractivity contribution is -0.144. The highest BCUT2D eigenvalue weighted by Crippen LogP contribution is 1.94. The molecular weight excluding hydrogens is 166 g/mol. The van der Waals surface area contributed by atoms with Crippen molar-refractivity contribution in [2.24, 2.45) is 0 Å². The summed E-state index contributed by atoms with van der Waals surface area (Å²) in [5, 5.41) is 3.32. The van der Waals surface area contributed by atoms with Crippen LogP contribution in [-0.2, 0) is 9.53 Å². The summed E-state index contributed by atoms with van der Waals surface area (Å²) in [6.45, 7) is 7.51. The van der Waals surface area contributed by atoms with Gasteiger partial charge in [-0.05, 0) is 19.4 Å². The Hall–Kier alpha value is -0.570. The van der Waals surface area contributed by atoms with Crippen molar-refractivity contribution in [3.8, 4) is 0 Å². The highest BCUT2D eigenvalue weighted by Gasteiger charge is 2.07. The Bertz CT molecular complexity index is 137. The predicted octanol–water partition coefficient (Wildman–Crippen LogP) is 1.72. The van der Waals surface area contributed by atoms with Gasteiger partial charge in [-0.1, -0.05) is 20.8 Å². The van der Waals surface area contributed by atoms with Gasteiger partial charge in [0.15, 0.2) is 0 Å². The van der Waals surface area contributed by atoms with Gasteiger partial charge in [0.1, 0.15) is 6.61 Å². The molecule has 0 aromatic carbocycles. The Labute approximate surface area is 80.8 Å². The Morgan fingerprint density at radius 1 is 1.38 bits per heavy atom. The van der Waals surface area contributed by atoms with Crippen molar-refractivity contribution in [3.05, 3.63) is 0 Å². The topological polar surface area (TPSA) is 38.3 Å². The first-order valence-electron chi connectivity index (χ1n) is 5.13. The number of carbonyl (C=O) groups excluding carboxylic acids is 1. The number of esters is 1. The van der Waals surface area contributed by atoms with Crippen LogP contribution >= 0.6 is 0 Å². The molecule has 0 saturated heterocycles. The molecule has 0 amide bonds. The number of hydrogen-bond donors (Lipinski definition) is 1. The maximum absolute atomic E-state index is 10.9. The Balaban J connectivity index is 3.52. The van der Waals surface area contributed by atoms with Crippen LogP contribution in [0.5, 0.6) is 0 Å². The standard InChI is InChI=1S/C10H21NO2/c1-4-7-11-9(5-2)8-13-10(12)6-3/h9,11H,4-8H2,1-3H3. The van der Waals surface area contributed by atoms with Crippen LogP contribution in [0.1, 0.15) is 40.0 Å². The summed E-state index contributed by atoms with van der Waals surface area (Å²) < 4.78 is 5.04. The Morgan fingerprint density at radius 3 is 2.54 bits per heavy atom. The number of carbonyl (C=O) groups is 1. The van der Waals surface area contributed by atoms with Crippen LogP contribution in [0.4, 0.5) is 0 Å². The van der Waals surface area contributed by atoms with E-state index in [1.54, 1.807) is 0 Å². The van der Waals surface area contributed by atoms with E-state index in [4.69, 9.17) is 4.74 Å². The third-order valence-electron chi connectivity index (χ3n) is 1.91. The normalized spacial score (nSPS) is 12.5. The quantitative estimate of drug-likeness (QED) is 0.617. The molecule has 0 radical (unpaired) electrons. The molecular formula is C10H21NO2. The van der Waals surface area contributed by atoms with Gasteiger partial charge < -0.3 is 10.1 Å². The molecule has 13 heavy (non-hydrogen) atoms. The summed E-state index contributed by atoms with van der Waals surface area (Å²) in [5.41, 5.74) is 0. The zero-order valence-electron chi connectivity index (χ0n) is 8.93. The summed E-state index contributed by atoms with van der Waals surface area (Å²) in [6, 6.07) is 0.315. The maximum atomic E-state index is 10.9.